The molecule has 0 radical (unpaired) electrons. The van der Waals surface area contributed by atoms with Crippen LogP contribution < -0.4 is 20.1 Å². The molecule has 5 aromatic rings. The van der Waals surface area contributed by atoms with Gasteiger partial charge in [0, 0.05) is 41.9 Å². The zero-order chi connectivity index (χ0) is 30.6. The van der Waals surface area contributed by atoms with Crippen molar-refractivity contribution in [2.75, 3.05) is 12.4 Å². The minimum Gasteiger partial charge on any atom is -0.484 e. The lowest BCUT2D eigenvalue weighted by molar-refractivity contribution is -0.144. The molecule has 0 aliphatic rings. The number of ether oxygens (including phenoxy) is 2. The number of methoxy groups -OCH3 is 1. The van der Waals surface area contributed by atoms with Gasteiger partial charge in [-0.3, -0.25) is 14.6 Å². The number of benzene rings is 2. The van der Waals surface area contributed by atoms with E-state index in [2.05, 4.69) is 25.7 Å². The van der Waals surface area contributed by atoms with Crippen LogP contribution in [0.3, 0.4) is 0 Å². The van der Waals surface area contributed by atoms with Gasteiger partial charge in [-0.05, 0) is 61.5 Å². The van der Waals surface area contributed by atoms with Crippen LogP contribution in [0.25, 0.3) is 16.6 Å². The van der Waals surface area contributed by atoms with Crippen LogP contribution in [0, 0.1) is 0 Å². The molecule has 0 bridgehead atoms. The van der Waals surface area contributed by atoms with Gasteiger partial charge >= 0.3 is 5.92 Å². The van der Waals surface area contributed by atoms with Crippen molar-refractivity contribution in [1.29, 1.82) is 0 Å². The Morgan fingerprint density at radius 3 is 2.53 bits per heavy atom. The number of nitrogens with one attached hydrogen (secondary N) is 2. The van der Waals surface area contributed by atoms with Crippen molar-refractivity contribution < 1.29 is 27.8 Å². The number of amides is 2. The first-order chi connectivity index (χ1) is 20.6. The molecule has 220 valence electrons. The zero-order valence-electron chi connectivity index (χ0n) is 23.5. The first-order valence-electron chi connectivity index (χ1n) is 13.3. The van der Waals surface area contributed by atoms with Crippen molar-refractivity contribution in [1.82, 2.24) is 25.1 Å². The molecule has 0 saturated carbocycles. The number of rotatable bonds is 10. The number of aromatic nitrogens is 4. The van der Waals surface area contributed by atoms with E-state index in [1.165, 1.54) is 13.3 Å². The Morgan fingerprint density at radius 2 is 1.84 bits per heavy atom. The Kier molecular flexibility index (Phi) is 8.28. The summed E-state index contributed by atoms with van der Waals surface area (Å²) in [5.74, 6) is -4.47. The van der Waals surface area contributed by atoms with Crippen LogP contribution in [0.15, 0.2) is 91.5 Å². The van der Waals surface area contributed by atoms with Gasteiger partial charge in [-0.15, -0.1) is 0 Å². The number of hydrogen-bond donors (Lipinski definition) is 2. The predicted molar refractivity (Wildman–Crippen MR) is 156 cm³/mol. The highest BCUT2D eigenvalue weighted by atomic mass is 19.3. The van der Waals surface area contributed by atoms with E-state index in [1.807, 2.05) is 6.07 Å². The van der Waals surface area contributed by atoms with Gasteiger partial charge in [0.15, 0.2) is 0 Å². The van der Waals surface area contributed by atoms with Crippen molar-refractivity contribution in [3.8, 4) is 17.3 Å². The maximum absolute atomic E-state index is 13.6. The van der Waals surface area contributed by atoms with E-state index in [0.717, 1.165) is 10.9 Å². The third-order valence-corrected chi connectivity index (χ3v) is 6.58. The van der Waals surface area contributed by atoms with Crippen LogP contribution in [0.4, 0.5) is 14.5 Å². The predicted octanol–water partition coefficient (Wildman–Crippen LogP) is 5.36. The Morgan fingerprint density at radius 1 is 1.00 bits per heavy atom. The highest BCUT2D eigenvalue weighted by molar-refractivity contribution is 6.04. The van der Waals surface area contributed by atoms with Gasteiger partial charge < -0.3 is 20.1 Å². The number of hydrogen-bond acceptors (Lipinski definition) is 7. The lowest BCUT2D eigenvalue weighted by atomic mass is 10.0. The Bertz CT molecular complexity index is 1740. The summed E-state index contributed by atoms with van der Waals surface area (Å²) in [7, 11) is 1.48. The minimum atomic E-state index is -3.55. The molecule has 0 aliphatic carbocycles. The molecule has 2 aromatic carbocycles. The number of nitrogens with zero attached hydrogens (tertiary/aromatic N) is 4. The fourth-order valence-electron chi connectivity index (χ4n) is 4.40. The molecule has 43 heavy (non-hydrogen) atoms. The number of pyridine rings is 2. The number of fused-ring (bicyclic) bond motifs is 1. The van der Waals surface area contributed by atoms with Crippen LogP contribution in [0.1, 0.15) is 35.9 Å². The Balaban J connectivity index is 1.40. The van der Waals surface area contributed by atoms with E-state index < -0.39 is 24.0 Å². The van der Waals surface area contributed by atoms with Crippen LogP contribution in [0.2, 0.25) is 0 Å². The summed E-state index contributed by atoms with van der Waals surface area (Å²) in [5.41, 5.74) is 2.98. The summed E-state index contributed by atoms with van der Waals surface area (Å²) in [4.78, 5) is 33.1. The maximum atomic E-state index is 13.6. The number of halogens is 2. The molecule has 0 spiro atoms. The van der Waals surface area contributed by atoms with Crippen LogP contribution >= 0.6 is 0 Å². The molecule has 5 rings (SSSR count). The second-order valence-corrected chi connectivity index (χ2v) is 9.85. The zero-order valence-corrected chi connectivity index (χ0v) is 23.5. The summed E-state index contributed by atoms with van der Waals surface area (Å²) < 4.78 is 40.3. The SMILES string of the molecule is COc1ccc([C@@H](Oc2ccc3c(cnn3-c3cccc(C(=O)Nc4cccnc4)c3)c2)[C@H](C)NC(=O)C(C)(F)F)cn1. The van der Waals surface area contributed by atoms with Gasteiger partial charge in [0.25, 0.3) is 11.8 Å². The molecule has 3 heterocycles. The van der Waals surface area contributed by atoms with Gasteiger partial charge in [-0.2, -0.15) is 13.9 Å². The molecule has 10 nitrogen and oxygen atoms in total. The summed E-state index contributed by atoms with van der Waals surface area (Å²) in [6.07, 6.45) is 5.48. The fourth-order valence-corrected chi connectivity index (χ4v) is 4.40. The summed E-state index contributed by atoms with van der Waals surface area (Å²) in [6.45, 7) is 2.11. The Labute approximate surface area is 245 Å². The first kappa shape index (κ1) is 29.1. The van der Waals surface area contributed by atoms with Crippen molar-refractivity contribution in [3.63, 3.8) is 0 Å². The van der Waals surface area contributed by atoms with E-state index in [0.29, 0.717) is 41.1 Å². The van der Waals surface area contributed by atoms with E-state index in [1.54, 1.807) is 90.9 Å². The first-order valence-corrected chi connectivity index (χ1v) is 13.3. The second-order valence-electron chi connectivity index (χ2n) is 9.85. The minimum absolute atomic E-state index is 0.289. The van der Waals surface area contributed by atoms with Crippen molar-refractivity contribution >= 4 is 28.4 Å². The average molecular weight is 587 g/mol. The van der Waals surface area contributed by atoms with Crippen molar-refractivity contribution in [3.05, 3.63) is 103 Å². The Hall–Kier alpha value is -5.39. The van der Waals surface area contributed by atoms with E-state index in [-0.39, 0.29) is 5.91 Å². The summed E-state index contributed by atoms with van der Waals surface area (Å²) >= 11 is 0. The van der Waals surface area contributed by atoms with Crippen molar-refractivity contribution in [2.45, 2.75) is 31.9 Å². The molecular weight excluding hydrogens is 558 g/mol. The lowest BCUT2D eigenvalue weighted by Crippen LogP contribution is -2.46. The van der Waals surface area contributed by atoms with Gasteiger partial charge in [-0.1, -0.05) is 6.07 Å². The molecule has 0 saturated heterocycles. The summed E-state index contributed by atoms with van der Waals surface area (Å²) in [6, 6.07) is 18.2. The third kappa shape index (κ3) is 6.75. The maximum Gasteiger partial charge on any atom is 0.321 e. The highest BCUT2D eigenvalue weighted by Crippen LogP contribution is 2.30. The summed E-state index contributed by atoms with van der Waals surface area (Å²) in [5, 5.41) is 10.4. The monoisotopic (exact) mass is 586 g/mol. The van der Waals surface area contributed by atoms with Gasteiger partial charge in [0.2, 0.25) is 5.88 Å². The highest BCUT2D eigenvalue weighted by Gasteiger charge is 2.35. The molecule has 2 atom stereocenters. The quantitative estimate of drug-likeness (QED) is 0.226. The van der Waals surface area contributed by atoms with E-state index >= 15 is 0 Å². The van der Waals surface area contributed by atoms with Crippen LogP contribution in [0.5, 0.6) is 11.6 Å². The van der Waals surface area contributed by atoms with Crippen molar-refractivity contribution in [2.24, 2.45) is 0 Å². The van der Waals surface area contributed by atoms with Crippen LogP contribution in [-0.4, -0.2) is 50.6 Å². The second kappa shape index (κ2) is 12.2. The van der Waals surface area contributed by atoms with Gasteiger partial charge in [-0.25, -0.2) is 9.67 Å². The average Bonchev–Trinajstić information content (AvgIpc) is 3.43. The number of carbonyl (C=O) groups excluding carboxylic acids is 2. The van der Waals surface area contributed by atoms with E-state index in [4.69, 9.17) is 9.47 Å². The molecule has 3 aromatic heterocycles. The molecule has 2 amide bonds. The molecular formula is C31H28F2N6O4. The number of alkyl halides is 2. The lowest BCUT2D eigenvalue weighted by Gasteiger charge is -2.27. The number of anilines is 1. The smallest absolute Gasteiger partial charge is 0.321 e. The van der Waals surface area contributed by atoms with Gasteiger partial charge in [0.1, 0.15) is 11.9 Å². The number of carbonyl (C=O) groups is 2. The van der Waals surface area contributed by atoms with Gasteiger partial charge in [0.05, 0.1) is 42.4 Å². The molecule has 2 N–H and O–H groups in total. The van der Waals surface area contributed by atoms with Crippen LogP contribution in [-0.2, 0) is 4.79 Å². The fraction of sp³-hybridized carbons (Fsp3) is 0.194. The molecule has 0 unspecified atom stereocenters. The largest absolute Gasteiger partial charge is 0.484 e. The topological polar surface area (TPSA) is 120 Å². The molecule has 0 aliphatic heterocycles. The standard InChI is InChI=1S/C31H28F2N6O4/c1-19(37-30(41)31(2,32)33)28(21-9-12-27(42-3)35-16-21)43-25-10-11-26-22(15-25)17-36-39(26)24-8-4-6-20(14-24)29(40)38-23-7-5-13-34-18-23/h4-19,28H,1-3H3,(H,37,41)(H,38,40)/t19-,28-/m0/s1. The molecule has 0 fully saturated rings. The van der Waals surface area contributed by atoms with E-state index in [9.17, 15) is 18.4 Å². The third-order valence-electron chi connectivity index (χ3n) is 6.58. The normalized spacial score (nSPS) is 12.8. The molecule has 12 heteroatoms.